The first kappa shape index (κ1) is 23.8. The third-order valence-corrected chi connectivity index (χ3v) is 5.82. The lowest BCUT2D eigenvalue weighted by atomic mass is 10.0. The van der Waals surface area contributed by atoms with Crippen LogP contribution in [0, 0.1) is 13.8 Å². The van der Waals surface area contributed by atoms with E-state index < -0.39 is 6.10 Å². The third-order valence-electron chi connectivity index (χ3n) is 4.46. The summed E-state index contributed by atoms with van der Waals surface area (Å²) in [7, 11) is 1.86. The molecule has 1 aliphatic heterocycles. The molecule has 0 saturated carbocycles. The SMILES string of the molecule is CNCCN1C(=O)[C@@H](O)[C@@H](c2ccc(C)cc2)Sc2cc(C)ccc21.Cl.Cl. The number of benzene rings is 2. The Bertz CT molecular complexity index is 771. The molecule has 0 spiro atoms. The molecule has 148 valence electrons. The largest absolute Gasteiger partial charge is 0.382 e. The molecule has 3 rings (SSSR count). The number of amides is 1. The molecule has 2 aromatic rings. The van der Waals surface area contributed by atoms with E-state index in [1.54, 1.807) is 16.7 Å². The first-order valence-electron chi connectivity index (χ1n) is 8.49. The normalized spacial score (nSPS) is 18.8. The van der Waals surface area contributed by atoms with Crippen molar-refractivity contribution < 1.29 is 9.90 Å². The lowest BCUT2D eigenvalue weighted by Crippen LogP contribution is -2.43. The number of nitrogens with zero attached hydrogens (tertiary/aromatic N) is 1. The van der Waals surface area contributed by atoms with Crippen LogP contribution < -0.4 is 10.2 Å². The Morgan fingerprint density at radius 2 is 1.70 bits per heavy atom. The Morgan fingerprint density at radius 3 is 2.33 bits per heavy atom. The van der Waals surface area contributed by atoms with Crippen molar-refractivity contribution in [2.24, 2.45) is 0 Å². The number of aryl methyl sites for hydroxylation is 2. The highest BCUT2D eigenvalue weighted by molar-refractivity contribution is 7.99. The van der Waals surface area contributed by atoms with Gasteiger partial charge in [0.2, 0.25) is 0 Å². The molecule has 0 aromatic heterocycles. The van der Waals surface area contributed by atoms with Gasteiger partial charge in [0.1, 0.15) is 6.10 Å². The van der Waals surface area contributed by atoms with Crippen LogP contribution in [0.5, 0.6) is 0 Å². The van der Waals surface area contributed by atoms with E-state index in [9.17, 15) is 9.90 Å². The quantitative estimate of drug-likeness (QED) is 0.774. The van der Waals surface area contributed by atoms with Gasteiger partial charge in [-0.05, 0) is 44.2 Å². The van der Waals surface area contributed by atoms with Gasteiger partial charge in [0.25, 0.3) is 5.91 Å². The second-order valence-electron chi connectivity index (χ2n) is 6.46. The van der Waals surface area contributed by atoms with Gasteiger partial charge in [-0.1, -0.05) is 35.9 Å². The number of hydrogen-bond acceptors (Lipinski definition) is 4. The average molecular weight is 429 g/mol. The zero-order valence-electron chi connectivity index (χ0n) is 15.6. The van der Waals surface area contributed by atoms with E-state index in [-0.39, 0.29) is 36.0 Å². The van der Waals surface area contributed by atoms with Crippen LogP contribution in [0.1, 0.15) is 21.9 Å². The molecule has 1 amide bonds. The summed E-state index contributed by atoms with van der Waals surface area (Å²) >= 11 is 1.57. The number of carbonyl (C=O) groups excluding carboxylic acids is 1. The number of halogens is 2. The summed E-state index contributed by atoms with van der Waals surface area (Å²) in [6, 6.07) is 14.1. The number of aliphatic hydroxyl groups excluding tert-OH is 1. The fourth-order valence-corrected chi connectivity index (χ4v) is 4.37. The van der Waals surface area contributed by atoms with Crippen molar-refractivity contribution in [3.05, 3.63) is 59.2 Å². The topological polar surface area (TPSA) is 52.6 Å². The van der Waals surface area contributed by atoms with E-state index in [0.717, 1.165) is 27.3 Å². The number of carbonyl (C=O) groups is 1. The van der Waals surface area contributed by atoms with Crippen LogP contribution >= 0.6 is 36.6 Å². The fraction of sp³-hybridized carbons (Fsp3) is 0.350. The van der Waals surface area contributed by atoms with E-state index in [1.165, 1.54) is 0 Å². The van der Waals surface area contributed by atoms with Crippen LogP contribution in [0.4, 0.5) is 5.69 Å². The molecule has 0 bridgehead atoms. The van der Waals surface area contributed by atoms with Gasteiger partial charge in [-0.25, -0.2) is 0 Å². The van der Waals surface area contributed by atoms with Gasteiger partial charge in [0.05, 0.1) is 10.9 Å². The molecule has 2 N–H and O–H groups in total. The zero-order valence-corrected chi connectivity index (χ0v) is 18.1. The van der Waals surface area contributed by atoms with Crippen molar-refractivity contribution in [3.63, 3.8) is 0 Å². The molecule has 7 heteroatoms. The number of likely N-dealkylation sites (N-methyl/N-ethyl adjacent to an activating group) is 1. The first-order valence-corrected chi connectivity index (χ1v) is 9.37. The number of thioether (sulfide) groups is 1. The van der Waals surface area contributed by atoms with Crippen molar-refractivity contribution in [1.29, 1.82) is 0 Å². The van der Waals surface area contributed by atoms with Gasteiger partial charge in [-0.2, -0.15) is 0 Å². The number of nitrogens with one attached hydrogen (secondary N) is 1. The zero-order chi connectivity index (χ0) is 18.0. The van der Waals surface area contributed by atoms with Crippen LogP contribution in [0.3, 0.4) is 0 Å². The lowest BCUT2D eigenvalue weighted by Gasteiger charge is -2.25. The average Bonchev–Trinajstić information content (AvgIpc) is 2.70. The maximum atomic E-state index is 13.0. The number of fused-ring (bicyclic) bond motifs is 1. The smallest absolute Gasteiger partial charge is 0.257 e. The molecule has 4 nitrogen and oxygen atoms in total. The summed E-state index contributed by atoms with van der Waals surface area (Å²) in [4.78, 5) is 15.7. The fourth-order valence-electron chi connectivity index (χ4n) is 3.01. The van der Waals surface area contributed by atoms with Gasteiger partial charge >= 0.3 is 0 Å². The van der Waals surface area contributed by atoms with E-state index in [4.69, 9.17) is 0 Å². The second-order valence-corrected chi connectivity index (χ2v) is 7.64. The highest BCUT2D eigenvalue weighted by Gasteiger charge is 2.37. The van der Waals surface area contributed by atoms with E-state index in [2.05, 4.69) is 11.4 Å². The molecule has 0 radical (unpaired) electrons. The molecule has 0 fully saturated rings. The van der Waals surface area contributed by atoms with Crippen molar-refractivity contribution in [2.45, 2.75) is 30.1 Å². The molecule has 2 aromatic carbocycles. The van der Waals surface area contributed by atoms with Crippen LogP contribution in [0.15, 0.2) is 47.4 Å². The maximum absolute atomic E-state index is 13.0. The Balaban J connectivity index is 0.00000182. The number of anilines is 1. The molecule has 0 aliphatic carbocycles. The second kappa shape index (κ2) is 10.3. The molecule has 2 atom stereocenters. The number of rotatable bonds is 4. The van der Waals surface area contributed by atoms with Gasteiger partial charge in [-0.3, -0.25) is 4.79 Å². The first-order chi connectivity index (χ1) is 12.0. The molecular weight excluding hydrogens is 403 g/mol. The minimum absolute atomic E-state index is 0. The summed E-state index contributed by atoms with van der Waals surface area (Å²) in [5, 5.41) is 13.6. The van der Waals surface area contributed by atoms with Gasteiger partial charge in [0, 0.05) is 18.0 Å². The van der Waals surface area contributed by atoms with Crippen molar-refractivity contribution >= 4 is 48.2 Å². The summed E-state index contributed by atoms with van der Waals surface area (Å²) in [5.41, 5.74) is 4.16. The predicted octanol–water partition coefficient (Wildman–Crippen LogP) is 3.91. The Morgan fingerprint density at radius 1 is 1.07 bits per heavy atom. The minimum Gasteiger partial charge on any atom is -0.382 e. The predicted molar refractivity (Wildman–Crippen MR) is 118 cm³/mol. The monoisotopic (exact) mass is 428 g/mol. The van der Waals surface area contributed by atoms with Gasteiger partial charge in [-0.15, -0.1) is 36.6 Å². The molecule has 1 heterocycles. The standard InChI is InChI=1S/C20H24N2O2S.2ClH/c1-13-4-7-15(8-5-13)19-18(23)20(24)22(11-10-21-3)16-9-6-14(2)12-17(16)25-19;;/h4-9,12,18-19,21,23H,10-11H2,1-3H3;2*1H/t18-,19+;;/m0../s1. The van der Waals surface area contributed by atoms with Gasteiger partial charge in [0.15, 0.2) is 0 Å². The summed E-state index contributed by atoms with van der Waals surface area (Å²) in [5.74, 6) is -0.240. The van der Waals surface area contributed by atoms with E-state index >= 15 is 0 Å². The summed E-state index contributed by atoms with van der Waals surface area (Å²) < 4.78 is 0. The highest BCUT2D eigenvalue weighted by atomic mass is 35.5. The summed E-state index contributed by atoms with van der Waals surface area (Å²) in [6.45, 7) is 5.28. The number of aliphatic hydroxyl groups is 1. The molecular formula is C20H26Cl2N2O2S. The highest BCUT2D eigenvalue weighted by Crippen LogP contribution is 2.46. The van der Waals surface area contributed by atoms with E-state index in [1.807, 2.05) is 57.3 Å². The Hall–Kier alpha value is -1.24. The number of hydrogen-bond donors (Lipinski definition) is 2. The maximum Gasteiger partial charge on any atom is 0.257 e. The lowest BCUT2D eigenvalue weighted by molar-refractivity contribution is -0.126. The van der Waals surface area contributed by atoms with Crippen molar-refractivity contribution in [1.82, 2.24) is 5.32 Å². The third kappa shape index (κ3) is 5.18. The molecule has 0 saturated heterocycles. The summed E-state index contributed by atoms with van der Waals surface area (Å²) in [6.07, 6.45) is -1.07. The van der Waals surface area contributed by atoms with Crippen LogP contribution in [0.25, 0.3) is 0 Å². The van der Waals surface area contributed by atoms with Crippen molar-refractivity contribution in [2.75, 3.05) is 25.0 Å². The van der Waals surface area contributed by atoms with Crippen LogP contribution in [-0.2, 0) is 4.79 Å². The Labute approximate surface area is 177 Å². The molecule has 1 aliphatic rings. The van der Waals surface area contributed by atoms with Gasteiger partial charge < -0.3 is 15.3 Å². The van der Waals surface area contributed by atoms with Crippen molar-refractivity contribution in [3.8, 4) is 0 Å². The minimum atomic E-state index is -1.07. The Kier molecular flexibility index (Phi) is 9.12. The van der Waals surface area contributed by atoms with E-state index in [0.29, 0.717) is 13.1 Å². The molecule has 27 heavy (non-hydrogen) atoms. The van der Waals surface area contributed by atoms with Crippen LogP contribution in [-0.4, -0.2) is 37.3 Å². The molecule has 0 unspecified atom stereocenters. The van der Waals surface area contributed by atoms with Crippen LogP contribution in [0.2, 0.25) is 0 Å².